The van der Waals surface area contributed by atoms with Crippen LogP contribution in [-0.4, -0.2) is 9.97 Å². The molecule has 2 aromatic heterocycles. The zero-order valence-electron chi connectivity index (χ0n) is 9.69. The van der Waals surface area contributed by atoms with E-state index in [0.717, 1.165) is 11.4 Å². The number of aromatic nitrogens is 2. The minimum absolute atomic E-state index is 0.915. The standard InChI is InChI=1S/C10H8N2.3CN.Co/c1-3-7-11-9(5-1)10-6-2-4-8-12-10;3*1-2;/h1-8H;;;;. The molecule has 0 spiro atoms. The van der Waals surface area contributed by atoms with Crippen LogP contribution in [0.2, 0.25) is 0 Å². The maximum atomic E-state index is 7.86. The fraction of sp³-hybridized carbons (Fsp3) is 0. The summed E-state index contributed by atoms with van der Waals surface area (Å²) in [6.07, 6.45) is 3.54. The molecular formula is C13H8CoN5. The zero-order valence-corrected chi connectivity index (χ0v) is 10.7. The molecule has 0 aliphatic rings. The van der Waals surface area contributed by atoms with Crippen molar-refractivity contribution in [3.8, 4) is 26.4 Å². The third-order valence-electron chi connectivity index (χ3n) is 1.82. The average Bonchev–Trinajstić information content (AvgIpc) is 2.51. The minimum atomic E-state index is -1.62. The monoisotopic (exact) mass is 293 g/mol. The molecule has 19 heavy (non-hydrogen) atoms. The van der Waals surface area contributed by atoms with Crippen LogP contribution in [0.3, 0.4) is 0 Å². The van der Waals surface area contributed by atoms with Gasteiger partial charge in [0.15, 0.2) is 0 Å². The van der Waals surface area contributed by atoms with E-state index in [-0.39, 0.29) is 0 Å². The van der Waals surface area contributed by atoms with Crippen molar-refractivity contribution in [1.29, 1.82) is 15.8 Å². The zero-order chi connectivity index (χ0) is 13.9. The van der Waals surface area contributed by atoms with Crippen molar-refractivity contribution in [2.45, 2.75) is 0 Å². The van der Waals surface area contributed by atoms with Gasteiger partial charge in [-0.3, -0.25) is 9.97 Å². The van der Waals surface area contributed by atoms with Gasteiger partial charge < -0.3 is 0 Å². The first kappa shape index (κ1) is 14.3. The van der Waals surface area contributed by atoms with E-state index in [1.165, 1.54) is 0 Å². The second-order valence-corrected chi connectivity index (χ2v) is 4.38. The largest absolute Gasteiger partial charge is 0.255 e. The normalized spacial score (nSPS) is 8.79. The van der Waals surface area contributed by atoms with Gasteiger partial charge in [-0.15, -0.1) is 0 Å². The van der Waals surface area contributed by atoms with Gasteiger partial charge in [0.1, 0.15) is 0 Å². The van der Waals surface area contributed by atoms with Crippen LogP contribution in [0.4, 0.5) is 0 Å². The second-order valence-electron chi connectivity index (χ2n) is 2.90. The van der Waals surface area contributed by atoms with Gasteiger partial charge >= 0.3 is 44.5 Å². The molecule has 5 nitrogen and oxygen atoms in total. The average molecular weight is 293 g/mol. The van der Waals surface area contributed by atoms with E-state index in [1.807, 2.05) is 36.4 Å². The van der Waals surface area contributed by atoms with Crippen LogP contribution in [0.25, 0.3) is 11.4 Å². The van der Waals surface area contributed by atoms with Gasteiger partial charge in [0.25, 0.3) is 0 Å². The summed E-state index contributed by atoms with van der Waals surface area (Å²) in [5.41, 5.74) is 1.83. The van der Waals surface area contributed by atoms with E-state index < -0.39 is 13.7 Å². The number of nitriles is 3. The minimum Gasteiger partial charge on any atom is -0.255 e. The van der Waals surface area contributed by atoms with Crippen LogP contribution in [0.5, 0.6) is 0 Å². The number of hydrogen-bond donors (Lipinski definition) is 0. The Bertz CT molecular complexity index is 551. The molecule has 0 saturated heterocycles. The van der Waals surface area contributed by atoms with Gasteiger partial charge in [-0.05, 0) is 24.3 Å². The van der Waals surface area contributed by atoms with E-state index in [4.69, 9.17) is 15.8 Å². The van der Waals surface area contributed by atoms with Crippen LogP contribution in [0, 0.1) is 30.8 Å². The summed E-state index contributed by atoms with van der Waals surface area (Å²) in [7, 11) is 0. The van der Waals surface area contributed by atoms with E-state index in [9.17, 15) is 0 Å². The van der Waals surface area contributed by atoms with Crippen molar-refractivity contribution < 1.29 is 13.7 Å². The fourth-order valence-corrected chi connectivity index (χ4v) is 1.23. The molecule has 0 atom stereocenters. The van der Waals surface area contributed by atoms with Crippen LogP contribution >= 0.6 is 0 Å². The molecule has 0 fully saturated rings. The molecule has 2 aromatic rings. The Kier molecular flexibility index (Phi) is 6.32. The first-order chi connectivity index (χ1) is 9.31. The molecule has 2 rings (SSSR count). The summed E-state index contributed by atoms with van der Waals surface area (Å²) in [5.74, 6) is 0. The molecule has 0 aromatic carbocycles. The predicted octanol–water partition coefficient (Wildman–Crippen LogP) is 2.19. The molecule has 0 aliphatic heterocycles. The quantitative estimate of drug-likeness (QED) is 0.802. The Hall–Kier alpha value is -2.72. The number of pyridine rings is 2. The topological polar surface area (TPSA) is 97.2 Å². The molecule has 0 saturated carbocycles. The van der Waals surface area contributed by atoms with Gasteiger partial charge in [0.2, 0.25) is 0 Å². The fourth-order valence-electron chi connectivity index (χ4n) is 1.08. The van der Waals surface area contributed by atoms with Crippen LogP contribution in [-0.2, 0) is 13.7 Å². The third kappa shape index (κ3) is 4.97. The molecule has 0 radical (unpaired) electrons. The van der Waals surface area contributed by atoms with Crippen LogP contribution < -0.4 is 0 Å². The first-order valence-electron chi connectivity index (χ1n) is 4.96. The number of nitrogens with zero attached hydrogens (tertiary/aromatic N) is 5. The molecule has 94 valence electrons. The summed E-state index contributed by atoms with van der Waals surface area (Å²) in [6.45, 7) is 0. The molecule has 2 heterocycles. The first-order valence-corrected chi connectivity index (χ1v) is 6.52. The van der Waals surface area contributed by atoms with Gasteiger partial charge in [0.05, 0.1) is 11.4 Å². The van der Waals surface area contributed by atoms with Gasteiger partial charge in [-0.1, -0.05) is 12.1 Å². The van der Waals surface area contributed by atoms with Gasteiger partial charge in [-0.2, -0.15) is 0 Å². The Morgan fingerprint density at radius 3 is 1.37 bits per heavy atom. The van der Waals surface area contributed by atoms with Crippen molar-refractivity contribution in [3.63, 3.8) is 0 Å². The molecule has 0 amide bonds. The van der Waals surface area contributed by atoms with E-state index in [2.05, 4.69) is 9.97 Å². The van der Waals surface area contributed by atoms with E-state index in [0.29, 0.717) is 0 Å². The third-order valence-corrected chi connectivity index (χ3v) is 2.51. The summed E-state index contributed by atoms with van der Waals surface area (Å²) in [5, 5.41) is 28.2. The molecule has 0 unspecified atom stereocenters. The van der Waals surface area contributed by atoms with Gasteiger partial charge in [-0.25, -0.2) is 0 Å². The number of rotatable bonds is 1. The Morgan fingerprint density at radius 2 is 1.16 bits per heavy atom. The smallest absolute Gasteiger partial charge is 0.0886 e. The van der Waals surface area contributed by atoms with E-state index in [1.54, 1.807) is 27.4 Å². The Labute approximate surface area is 115 Å². The molecule has 6 heteroatoms. The molecular weight excluding hydrogens is 285 g/mol. The van der Waals surface area contributed by atoms with E-state index >= 15 is 0 Å². The second kappa shape index (κ2) is 8.38. The van der Waals surface area contributed by atoms with Gasteiger partial charge in [0, 0.05) is 12.4 Å². The summed E-state index contributed by atoms with van der Waals surface area (Å²) < 4.78 is 0. The summed E-state index contributed by atoms with van der Waals surface area (Å²) >= 11 is -1.62. The SMILES string of the molecule is N#[C][Co]([C]#N)[C]#N.c1ccc(-c2ccccn2)nc1. The molecule has 0 aliphatic carbocycles. The van der Waals surface area contributed by atoms with Crippen molar-refractivity contribution in [2.24, 2.45) is 0 Å². The predicted molar refractivity (Wildman–Crippen MR) is 64.3 cm³/mol. The van der Waals surface area contributed by atoms with Crippen molar-refractivity contribution in [3.05, 3.63) is 48.8 Å². The summed E-state index contributed by atoms with van der Waals surface area (Å²) in [4.78, 5) is 8.37. The van der Waals surface area contributed by atoms with Crippen molar-refractivity contribution >= 4 is 0 Å². The molecule has 0 bridgehead atoms. The van der Waals surface area contributed by atoms with Crippen molar-refractivity contribution in [2.75, 3.05) is 0 Å². The summed E-state index contributed by atoms with van der Waals surface area (Å²) in [6, 6.07) is 11.6. The molecule has 0 N–H and O–H groups in total. The van der Waals surface area contributed by atoms with Crippen LogP contribution in [0.1, 0.15) is 0 Å². The Balaban J connectivity index is 0.000000224. The number of hydrogen-bond acceptors (Lipinski definition) is 5. The Morgan fingerprint density at radius 1 is 0.737 bits per heavy atom. The maximum absolute atomic E-state index is 7.86. The van der Waals surface area contributed by atoms with Crippen LogP contribution in [0.15, 0.2) is 48.8 Å². The van der Waals surface area contributed by atoms with Crippen molar-refractivity contribution in [1.82, 2.24) is 9.97 Å². The maximum Gasteiger partial charge on any atom is 0.0886 e.